The fourth-order valence-corrected chi connectivity index (χ4v) is 3.05. The number of benzene rings is 1. The van der Waals surface area contributed by atoms with E-state index in [1.807, 2.05) is 17.9 Å². The lowest BCUT2D eigenvalue weighted by atomic mass is 10.1. The van der Waals surface area contributed by atoms with Gasteiger partial charge in [-0.05, 0) is 19.1 Å². The van der Waals surface area contributed by atoms with Gasteiger partial charge in [-0.1, -0.05) is 17.3 Å². The second-order valence-corrected chi connectivity index (χ2v) is 6.58. The van der Waals surface area contributed by atoms with Crippen molar-refractivity contribution in [1.82, 2.24) is 15.0 Å². The number of halogens is 3. The maximum Gasteiger partial charge on any atom is 0.418 e. The largest absolute Gasteiger partial charge is 0.418 e. The molecule has 1 aromatic carbocycles. The highest BCUT2D eigenvalue weighted by molar-refractivity contribution is 5.93. The zero-order chi connectivity index (χ0) is 19.4. The zero-order valence-electron chi connectivity index (χ0n) is 14.9. The van der Waals surface area contributed by atoms with Gasteiger partial charge in [0.15, 0.2) is 5.76 Å². The fraction of sp³-hybridized carbons (Fsp3) is 0.444. The summed E-state index contributed by atoms with van der Waals surface area (Å²) in [6, 6.07) is 6.87. The van der Waals surface area contributed by atoms with Crippen molar-refractivity contribution in [3.8, 4) is 0 Å². The van der Waals surface area contributed by atoms with Gasteiger partial charge < -0.3 is 9.84 Å². The number of amides is 1. The first-order chi connectivity index (χ1) is 12.8. The predicted molar refractivity (Wildman–Crippen MR) is 93.0 cm³/mol. The second-order valence-electron chi connectivity index (χ2n) is 6.58. The average Bonchev–Trinajstić information content (AvgIpc) is 3.01. The molecule has 0 radical (unpaired) electrons. The number of aromatic nitrogens is 1. The SMILES string of the molecule is Cc1cc(CN2CCN(CC(=O)Nc3ccccc3C(F)(F)F)CC2)on1. The number of carbonyl (C=O) groups excluding carboxylic acids is 1. The molecule has 0 aliphatic carbocycles. The molecule has 1 aromatic heterocycles. The van der Waals surface area contributed by atoms with E-state index in [4.69, 9.17) is 4.52 Å². The van der Waals surface area contributed by atoms with Crippen LogP contribution in [0, 0.1) is 6.92 Å². The Morgan fingerprint density at radius 3 is 2.48 bits per heavy atom. The van der Waals surface area contributed by atoms with Crippen LogP contribution in [0.15, 0.2) is 34.9 Å². The number of piperazine rings is 1. The summed E-state index contributed by atoms with van der Waals surface area (Å²) in [7, 11) is 0. The maximum atomic E-state index is 13.0. The molecule has 1 N–H and O–H groups in total. The minimum absolute atomic E-state index is 0.0570. The summed E-state index contributed by atoms with van der Waals surface area (Å²) in [5.74, 6) is 0.341. The molecule has 1 saturated heterocycles. The molecular weight excluding hydrogens is 361 g/mol. The Morgan fingerprint density at radius 1 is 1.19 bits per heavy atom. The summed E-state index contributed by atoms with van der Waals surface area (Å²) in [4.78, 5) is 16.3. The van der Waals surface area contributed by atoms with Crippen LogP contribution in [0.3, 0.4) is 0 Å². The van der Waals surface area contributed by atoms with Crippen LogP contribution >= 0.6 is 0 Å². The Labute approximate surface area is 154 Å². The Morgan fingerprint density at radius 2 is 1.85 bits per heavy atom. The van der Waals surface area contributed by atoms with E-state index in [0.717, 1.165) is 30.6 Å². The van der Waals surface area contributed by atoms with Gasteiger partial charge in [-0.25, -0.2) is 0 Å². The summed E-state index contributed by atoms with van der Waals surface area (Å²) in [5, 5.41) is 6.24. The van der Waals surface area contributed by atoms with Gasteiger partial charge >= 0.3 is 6.18 Å². The third kappa shape index (κ3) is 5.30. The minimum atomic E-state index is -4.51. The van der Waals surface area contributed by atoms with E-state index in [-0.39, 0.29) is 12.2 Å². The van der Waals surface area contributed by atoms with Crippen LogP contribution in [0.2, 0.25) is 0 Å². The Balaban J connectivity index is 1.49. The molecule has 6 nitrogen and oxygen atoms in total. The number of hydrogen-bond donors (Lipinski definition) is 1. The number of alkyl halides is 3. The lowest BCUT2D eigenvalue weighted by Gasteiger charge is -2.33. The van der Waals surface area contributed by atoms with Gasteiger partial charge in [0, 0.05) is 32.2 Å². The van der Waals surface area contributed by atoms with Crippen molar-refractivity contribution in [2.45, 2.75) is 19.6 Å². The van der Waals surface area contributed by atoms with E-state index in [2.05, 4.69) is 15.4 Å². The smallest absolute Gasteiger partial charge is 0.360 e. The van der Waals surface area contributed by atoms with Crippen LogP contribution in [-0.2, 0) is 17.5 Å². The van der Waals surface area contributed by atoms with Crippen molar-refractivity contribution >= 4 is 11.6 Å². The monoisotopic (exact) mass is 382 g/mol. The van der Waals surface area contributed by atoms with Crippen LogP contribution in [0.1, 0.15) is 17.0 Å². The van der Waals surface area contributed by atoms with Crippen molar-refractivity contribution in [3.63, 3.8) is 0 Å². The number of anilines is 1. The lowest BCUT2D eigenvalue weighted by molar-refractivity contribution is -0.137. The van der Waals surface area contributed by atoms with Crippen molar-refractivity contribution in [3.05, 3.63) is 47.3 Å². The summed E-state index contributed by atoms with van der Waals surface area (Å²) >= 11 is 0. The number of carbonyl (C=O) groups is 1. The summed E-state index contributed by atoms with van der Waals surface area (Å²) < 4.78 is 44.2. The van der Waals surface area contributed by atoms with E-state index in [9.17, 15) is 18.0 Å². The molecule has 3 rings (SSSR count). The minimum Gasteiger partial charge on any atom is -0.360 e. The van der Waals surface area contributed by atoms with Crippen molar-refractivity contribution in [2.75, 3.05) is 38.0 Å². The Bertz CT molecular complexity index is 783. The third-order valence-corrected chi connectivity index (χ3v) is 4.39. The first kappa shape index (κ1) is 19.4. The van der Waals surface area contributed by atoms with Gasteiger partial charge in [0.2, 0.25) is 5.91 Å². The molecule has 1 amide bonds. The molecule has 2 heterocycles. The molecule has 2 aromatic rings. The molecular formula is C18H21F3N4O2. The third-order valence-electron chi connectivity index (χ3n) is 4.39. The van der Waals surface area contributed by atoms with Crippen LogP contribution < -0.4 is 5.32 Å². The van der Waals surface area contributed by atoms with E-state index in [1.54, 1.807) is 0 Å². The molecule has 0 atom stereocenters. The lowest BCUT2D eigenvalue weighted by Crippen LogP contribution is -2.48. The van der Waals surface area contributed by atoms with Gasteiger partial charge in [0.1, 0.15) is 0 Å². The van der Waals surface area contributed by atoms with E-state index < -0.39 is 17.6 Å². The first-order valence-corrected chi connectivity index (χ1v) is 8.64. The van der Waals surface area contributed by atoms with Crippen molar-refractivity contribution in [1.29, 1.82) is 0 Å². The van der Waals surface area contributed by atoms with E-state index in [1.165, 1.54) is 18.2 Å². The molecule has 0 saturated carbocycles. The van der Waals surface area contributed by atoms with Crippen LogP contribution in [0.25, 0.3) is 0 Å². The quantitative estimate of drug-likeness (QED) is 0.862. The highest BCUT2D eigenvalue weighted by atomic mass is 19.4. The highest BCUT2D eigenvalue weighted by Crippen LogP contribution is 2.34. The Kier molecular flexibility index (Phi) is 5.81. The van der Waals surface area contributed by atoms with Crippen LogP contribution in [-0.4, -0.2) is 53.6 Å². The van der Waals surface area contributed by atoms with E-state index >= 15 is 0 Å². The second kappa shape index (κ2) is 8.10. The summed E-state index contributed by atoms with van der Waals surface area (Å²) in [5.41, 5.74) is -0.223. The van der Waals surface area contributed by atoms with Gasteiger partial charge in [0.05, 0.1) is 30.0 Å². The molecule has 27 heavy (non-hydrogen) atoms. The highest BCUT2D eigenvalue weighted by Gasteiger charge is 2.33. The fourth-order valence-electron chi connectivity index (χ4n) is 3.05. The van der Waals surface area contributed by atoms with E-state index in [0.29, 0.717) is 19.6 Å². The van der Waals surface area contributed by atoms with Crippen LogP contribution in [0.5, 0.6) is 0 Å². The summed E-state index contributed by atoms with van der Waals surface area (Å²) in [6.45, 7) is 5.36. The first-order valence-electron chi connectivity index (χ1n) is 8.64. The standard InChI is InChI=1S/C18H21F3N4O2/c1-13-10-14(27-23-13)11-24-6-8-25(9-7-24)12-17(26)22-16-5-3-2-4-15(16)18(19,20)21/h2-5,10H,6-9,11-12H2,1H3,(H,22,26). The number of para-hydroxylation sites is 1. The molecule has 146 valence electrons. The van der Waals surface area contributed by atoms with Gasteiger partial charge in [-0.2, -0.15) is 13.2 Å². The molecule has 1 aliphatic heterocycles. The number of aryl methyl sites for hydroxylation is 1. The number of rotatable bonds is 5. The van der Waals surface area contributed by atoms with Crippen molar-refractivity contribution in [2.24, 2.45) is 0 Å². The van der Waals surface area contributed by atoms with Crippen LogP contribution in [0.4, 0.5) is 18.9 Å². The number of nitrogens with one attached hydrogen (secondary N) is 1. The Hall–Kier alpha value is -2.39. The molecule has 9 heteroatoms. The average molecular weight is 382 g/mol. The topological polar surface area (TPSA) is 61.6 Å². The molecule has 1 fully saturated rings. The number of hydrogen-bond acceptors (Lipinski definition) is 5. The zero-order valence-corrected chi connectivity index (χ0v) is 14.9. The van der Waals surface area contributed by atoms with Gasteiger partial charge in [-0.15, -0.1) is 0 Å². The van der Waals surface area contributed by atoms with Gasteiger partial charge in [0.25, 0.3) is 0 Å². The normalized spacial score (nSPS) is 16.4. The van der Waals surface area contributed by atoms with Gasteiger partial charge in [-0.3, -0.25) is 14.6 Å². The molecule has 0 unspecified atom stereocenters. The maximum absolute atomic E-state index is 13.0. The number of nitrogens with zero attached hydrogens (tertiary/aromatic N) is 3. The predicted octanol–water partition coefficient (Wildman–Crippen LogP) is 2.76. The molecule has 0 bridgehead atoms. The van der Waals surface area contributed by atoms with Crippen molar-refractivity contribution < 1.29 is 22.5 Å². The molecule has 0 spiro atoms. The molecule has 1 aliphatic rings. The summed E-state index contributed by atoms with van der Waals surface area (Å²) in [6.07, 6.45) is -4.51.